The Labute approximate surface area is 148 Å². The predicted octanol–water partition coefficient (Wildman–Crippen LogP) is 4.70. The predicted molar refractivity (Wildman–Crippen MR) is 98.0 cm³/mol. The Morgan fingerprint density at radius 3 is 2.48 bits per heavy atom. The van der Waals surface area contributed by atoms with Gasteiger partial charge in [0, 0.05) is 23.2 Å². The molecule has 25 heavy (non-hydrogen) atoms. The second-order valence-electron chi connectivity index (χ2n) is 7.70. The van der Waals surface area contributed by atoms with Crippen LogP contribution >= 0.6 is 0 Å². The van der Waals surface area contributed by atoms with Crippen LogP contribution in [0.4, 0.5) is 4.79 Å². The lowest BCUT2D eigenvalue weighted by Gasteiger charge is -2.42. The normalized spacial score (nSPS) is 21.1. The fourth-order valence-corrected chi connectivity index (χ4v) is 3.76. The number of hydrogen-bond donors (Lipinski definition) is 1. The molecule has 1 aliphatic carbocycles. The molecule has 2 aromatic rings. The van der Waals surface area contributed by atoms with Crippen LogP contribution in [0, 0.1) is 0 Å². The van der Waals surface area contributed by atoms with E-state index in [1.165, 1.54) is 0 Å². The lowest BCUT2D eigenvalue weighted by Crippen LogP contribution is -2.52. The highest BCUT2D eigenvalue weighted by Crippen LogP contribution is 2.32. The number of rotatable bonds is 3. The van der Waals surface area contributed by atoms with Gasteiger partial charge in [-0.2, -0.15) is 0 Å². The number of para-hydroxylation sites is 1. The number of carboxylic acid groups (broad SMARTS) is 1. The fraction of sp³-hybridized carbons (Fsp3) is 0.500. The number of pyridine rings is 1. The van der Waals surface area contributed by atoms with Crippen LogP contribution in [0.25, 0.3) is 10.9 Å². The van der Waals surface area contributed by atoms with E-state index in [4.69, 9.17) is 4.74 Å². The molecule has 1 aromatic heterocycles. The fourth-order valence-electron chi connectivity index (χ4n) is 3.76. The van der Waals surface area contributed by atoms with Gasteiger partial charge in [0.05, 0.1) is 11.6 Å². The summed E-state index contributed by atoms with van der Waals surface area (Å²) in [6.45, 7) is 5.85. The van der Waals surface area contributed by atoms with Gasteiger partial charge in [-0.1, -0.05) is 12.1 Å². The molecule has 1 N–H and O–H groups in total. The van der Waals surface area contributed by atoms with Crippen molar-refractivity contribution in [3.05, 3.63) is 36.5 Å². The number of fused-ring (bicyclic) bond motifs is 1. The summed E-state index contributed by atoms with van der Waals surface area (Å²) in [6.07, 6.45) is 4.45. The van der Waals surface area contributed by atoms with Crippen LogP contribution in [0.15, 0.2) is 36.5 Å². The van der Waals surface area contributed by atoms with Crippen molar-refractivity contribution in [2.45, 2.75) is 64.1 Å². The lowest BCUT2D eigenvalue weighted by molar-refractivity contribution is 0.0370. The van der Waals surface area contributed by atoms with Crippen molar-refractivity contribution in [1.29, 1.82) is 0 Å². The Balaban J connectivity index is 1.67. The molecule has 0 saturated heterocycles. The van der Waals surface area contributed by atoms with Crippen molar-refractivity contribution in [2.24, 2.45) is 0 Å². The van der Waals surface area contributed by atoms with Crippen molar-refractivity contribution < 1.29 is 14.6 Å². The smallest absolute Gasteiger partial charge is 0.407 e. The molecule has 0 atom stereocenters. The maximum absolute atomic E-state index is 11.7. The Kier molecular flexibility index (Phi) is 4.84. The van der Waals surface area contributed by atoms with Crippen LogP contribution in [-0.4, -0.2) is 38.8 Å². The van der Waals surface area contributed by atoms with Crippen LogP contribution in [0.3, 0.4) is 0 Å². The molecule has 1 amide bonds. The third-order valence-electron chi connectivity index (χ3n) is 4.84. The van der Waals surface area contributed by atoms with Gasteiger partial charge in [0.2, 0.25) is 0 Å². The second-order valence-corrected chi connectivity index (χ2v) is 7.70. The molecule has 0 bridgehead atoms. The van der Waals surface area contributed by atoms with Gasteiger partial charge in [0.1, 0.15) is 5.75 Å². The van der Waals surface area contributed by atoms with Gasteiger partial charge in [0.15, 0.2) is 0 Å². The standard InChI is InChI=1S/C20H26N2O3/c1-20(2,3)22(19(23)24)14-8-10-15(11-9-14)25-18-12-13-21-17-7-5-4-6-16(17)18/h4-7,12-15H,8-11H2,1-3H3,(H,23,24)/t14-,15-. The average molecular weight is 342 g/mol. The first-order chi connectivity index (χ1) is 11.9. The average Bonchev–Trinajstić information content (AvgIpc) is 2.55. The molecule has 5 heteroatoms. The van der Waals surface area contributed by atoms with E-state index in [2.05, 4.69) is 4.98 Å². The molecule has 0 aliphatic heterocycles. The van der Waals surface area contributed by atoms with Crippen molar-refractivity contribution in [3.63, 3.8) is 0 Å². The summed E-state index contributed by atoms with van der Waals surface area (Å²) in [5, 5.41) is 10.6. The number of aromatic nitrogens is 1. The highest BCUT2D eigenvalue weighted by Gasteiger charge is 2.36. The molecule has 1 fully saturated rings. The molecule has 0 unspecified atom stereocenters. The molecule has 0 radical (unpaired) electrons. The van der Waals surface area contributed by atoms with E-state index >= 15 is 0 Å². The highest BCUT2D eigenvalue weighted by molar-refractivity contribution is 5.84. The quantitative estimate of drug-likeness (QED) is 0.878. The van der Waals surface area contributed by atoms with Crippen molar-refractivity contribution >= 4 is 17.0 Å². The molecular formula is C20H26N2O3. The van der Waals surface area contributed by atoms with E-state index in [1.807, 2.05) is 51.1 Å². The van der Waals surface area contributed by atoms with Crippen LogP contribution < -0.4 is 4.74 Å². The number of amides is 1. The second kappa shape index (κ2) is 6.90. The largest absolute Gasteiger partial charge is 0.490 e. The monoisotopic (exact) mass is 342 g/mol. The summed E-state index contributed by atoms with van der Waals surface area (Å²) in [4.78, 5) is 17.6. The molecule has 1 heterocycles. The van der Waals surface area contributed by atoms with Gasteiger partial charge in [-0.3, -0.25) is 4.98 Å². The minimum Gasteiger partial charge on any atom is -0.490 e. The van der Waals surface area contributed by atoms with E-state index in [9.17, 15) is 9.90 Å². The Hall–Kier alpha value is -2.30. The molecule has 0 spiro atoms. The third-order valence-corrected chi connectivity index (χ3v) is 4.84. The van der Waals surface area contributed by atoms with E-state index < -0.39 is 6.09 Å². The molecule has 1 aliphatic rings. The van der Waals surface area contributed by atoms with Gasteiger partial charge in [-0.05, 0) is 64.7 Å². The number of benzene rings is 1. The highest BCUT2D eigenvalue weighted by atomic mass is 16.5. The Morgan fingerprint density at radius 1 is 1.16 bits per heavy atom. The summed E-state index contributed by atoms with van der Waals surface area (Å²) in [5.41, 5.74) is 0.546. The van der Waals surface area contributed by atoms with Gasteiger partial charge < -0.3 is 14.7 Å². The van der Waals surface area contributed by atoms with Gasteiger partial charge in [0.25, 0.3) is 0 Å². The number of nitrogens with zero attached hydrogens (tertiary/aromatic N) is 2. The maximum atomic E-state index is 11.7. The Bertz CT molecular complexity index is 741. The van der Waals surface area contributed by atoms with Crippen molar-refractivity contribution in [1.82, 2.24) is 9.88 Å². The van der Waals surface area contributed by atoms with Gasteiger partial charge in [-0.15, -0.1) is 0 Å². The summed E-state index contributed by atoms with van der Waals surface area (Å²) in [5.74, 6) is 0.861. The number of hydrogen-bond acceptors (Lipinski definition) is 3. The molecule has 1 aromatic carbocycles. The van der Waals surface area contributed by atoms with Crippen LogP contribution in [0.5, 0.6) is 5.75 Å². The SMILES string of the molecule is CC(C)(C)N(C(=O)O)[C@H]1CC[C@H](Oc2ccnc3ccccc23)CC1. The molecule has 134 valence electrons. The van der Waals surface area contributed by atoms with Crippen LogP contribution in [0.2, 0.25) is 0 Å². The summed E-state index contributed by atoms with van der Waals surface area (Å²) >= 11 is 0. The van der Waals surface area contributed by atoms with Crippen molar-refractivity contribution in [2.75, 3.05) is 0 Å². The third kappa shape index (κ3) is 3.86. The zero-order valence-corrected chi connectivity index (χ0v) is 15.1. The Morgan fingerprint density at radius 2 is 1.84 bits per heavy atom. The lowest BCUT2D eigenvalue weighted by atomic mass is 9.89. The minimum atomic E-state index is -0.836. The number of ether oxygens (including phenoxy) is 1. The molecule has 5 nitrogen and oxygen atoms in total. The van der Waals surface area contributed by atoms with Gasteiger partial charge in [-0.25, -0.2) is 4.79 Å². The molecular weight excluding hydrogens is 316 g/mol. The van der Waals surface area contributed by atoms with E-state index in [0.717, 1.165) is 42.3 Å². The zero-order chi connectivity index (χ0) is 18.0. The first-order valence-corrected chi connectivity index (χ1v) is 8.89. The van der Waals surface area contributed by atoms with Gasteiger partial charge >= 0.3 is 6.09 Å². The van der Waals surface area contributed by atoms with Crippen molar-refractivity contribution in [3.8, 4) is 5.75 Å². The van der Waals surface area contributed by atoms with E-state index in [1.54, 1.807) is 11.1 Å². The van der Waals surface area contributed by atoms with E-state index in [-0.39, 0.29) is 17.7 Å². The minimum absolute atomic E-state index is 0.0616. The van der Waals surface area contributed by atoms with Crippen LogP contribution in [0.1, 0.15) is 46.5 Å². The zero-order valence-electron chi connectivity index (χ0n) is 15.1. The summed E-state index contributed by atoms with van der Waals surface area (Å²) in [6, 6.07) is 9.93. The molecule has 1 saturated carbocycles. The topological polar surface area (TPSA) is 62.7 Å². The van der Waals surface area contributed by atoms with E-state index in [0.29, 0.717) is 0 Å². The first-order valence-electron chi connectivity index (χ1n) is 8.89. The number of carbonyl (C=O) groups is 1. The maximum Gasteiger partial charge on any atom is 0.407 e. The van der Waals surface area contributed by atoms with Crippen LogP contribution in [-0.2, 0) is 0 Å². The first kappa shape index (κ1) is 17.5. The summed E-state index contributed by atoms with van der Waals surface area (Å²) < 4.78 is 6.24. The summed E-state index contributed by atoms with van der Waals surface area (Å²) in [7, 11) is 0. The molecule has 3 rings (SSSR count).